The lowest BCUT2D eigenvalue weighted by molar-refractivity contribution is -0.383. The molecule has 8 N–H and O–H groups in total. The van der Waals surface area contributed by atoms with Crippen LogP contribution in [-0.2, 0) is 14.2 Å². The van der Waals surface area contributed by atoms with E-state index in [0.717, 1.165) is 0 Å². The molecule has 2 heterocycles. The van der Waals surface area contributed by atoms with Crippen molar-refractivity contribution in [2.45, 2.75) is 54.8 Å². The molecule has 136 valence electrons. The zero-order chi connectivity index (χ0) is 17.4. The van der Waals surface area contributed by atoms with Crippen LogP contribution in [0.4, 0.5) is 0 Å². The number of aliphatic hydroxyl groups is 8. The molecule has 0 aliphatic carbocycles. The first-order valence-corrected chi connectivity index (χ1v) is 7.05. The maximum Gasteiger partial charge on any atom is 0.224 e. The van der Waals surface area contributed by atoms with E-state index in [2.05, 4.69) is 0 Å². The first-order chi connectivity index (χ1) is 10.8. The summed E-state index contributed by atoms with van der Waals surface area (Å²) in [6.45, 7) is -2.32. The third-order valence-corrected chi connectivity index (χ3v) is 4.07. The molecule has 2 fully saturated rings. The zero-order valence-corrected chi connectivity index (χ0v) is 12.0. The van der Waals surface area contributed by atoms with Crippen molar-refractivity contribution in [2.24, 2.45) is 0 Å². The van der Waals surface area contributed by atoms with E-state index in [1.807, 2.05) is 0 Å². The molecule has 2 aliphatic rings. The molecule has 0 radical (unpaired) electrons. The minimum absolute atomic E-state index is 0.669. The quantitative estimate of drug-likeness (QED) is 0.238. The maximum atomic E-state index is 10.00. The molecule has 0 saturated carbocycles. The number of hydrogen-bond donors (Lipinski definition) is 8. The van der Waals surface area contributed by atoms with Crippen molar-refractivity contribution in [2.75, 3.05) is 19.8 Å². The van der Waals surface area contributed by atoms with Gasteiger partial charge in [0.25, 0.3) is 0 Å². The van der Waals surface area contributed by atoms with Crippen molar-refractivity contribution in [1.29, 1.82) is 0 Å². The molecule has 0 spiro atoms. The highest BCUT2D eigenvalue weighted by Gasteiger charge is 2.58. The average Bonchev–Trinajstić information content (AvgIpc) is 2.80. The second kappa shape index (κ2) is 7.21. The largest absolute Gasteiger partial charge is 0.394 e. The van der Waals surface area contributed by atoms with Crippen molar-refractivity contribution in [3.8, 4) is 0 Å². The minimum atomic E-state index is -2.22. The Bertz CT molecular complexity index is 393. The molecule has 2 aliphatic heterocycles. The molecule has 23 heavy (non-hydrogen) atoms. The Hall–Kier alpha value is -0.440. The minimum Gasteiger partial charge on any atom is -0.394 e. The van der Waals surface area contributed by atoms with Gasteiger partial charge < -0.3 is 55.1 Å². The van der Waals surface area contributed by atoms with E-state index >= 15 is 0 Å². The number of hydrogen-bond acceptors (Lipinski definition) is 11. The average molecular weight is 342 g/mol. The summed E-state index contributed by atoms with van der Waals surface area (Å²) in [4.78, 5) is 0. The highest BCUT2D eigenvalue weighted by atomic mass is 16.8. The first-order valence-electron chi connectivity index (χ1n) is 7.05. The lowest BCUT2D eigenvalue weighted by Crippen LogP contribution is -2.62. The summed E-state index contributed by atoms with van der Waals surface area (Å²) in [5.41, 5.74) is 0. The summed E-state index contributed by atoms with van der Waals surface area (Å²) < 4.78 is 15.4. The van der Waals surface area contributed by atoms with Crippen LogP contribution in [0.25, 0.3) is 0 Å². The molecule has 11 heteroatoms. The van der Waals surface area contributed by atoms with Gasteiger partial charge in [-0.05, 0) is 0 Å². The highest BCUT2D eigenvalue weighted by Crippen LogP contribution is 2.35. The third kappa shape index (κ3) is 3.23. The molecular weight excluding hydrogens is 320 g/mol. The standard InChI is InChI=1S/C12H22O11/c13-1-4-6(16)8(18)9(19)11(21-4)23-12(3-15)10(20)7(17)5(2-14)22-12/h4-11,13-20H,1-3H2/t4?,5-,6-,7+,8?,9+,10?,11+,12+/m1/s1. The van der Waals surface area contributed by atoms with Gasteiger partial charge in [-0.3, -0.25) is 0 Å². The highest BCUT2D eigenvalue weighted by molar-refractivity contribution is 4.98. The van der Waals surface area contributed by atoms with Gasteiger partial charge in [-0.2, -0.15) is 0 Å². The molecule has 0 aromatic heterocycles. The van der Waals surface area contributed by atoms with Crippen LogP contribution < -0.4 is 0 Å². The fraction of sp³-hybridized carbons (Fsp3) is 1.00. The van der Waals surface area contributed by atoms with Gasteiger partial charge in [0.15, 0.2) is 6.29 Å². The Balaban J connectivity index is 2.18. The molecule has 0 aromatic carbocycles. The van der Waals surface area contributed by atoms with Crippen LogP contribution in [0.5, 0.6) is 0 Å². The van der Waals surface area contributed by atoms with E-state index in [4.69, 9.17) is 24.4 Å². The second-order valence-electron chi connectivity index (χ2n) is 5.56. The van der Waals surface area contributed by atoms with Gasteiger partial charge >= 0.3 is 0 Å². The Morgan fingerprint density at radius 3 is 1.87 bits per heavy atom. The Morgan fingerprint density at radius 1 is 0.783 bits per heavy atom. The fourth-order valence-electron chi connectivity index (χ4n) is 2.63. The molecule has 2 saturated heterocycles. The summed E-state index contributed by atoms with van der Waals surface area (Å²) in [5, 5.41) is 76.7. The van der Waals surface area contributed by atoms with Crippen LogP contribution in [0.2, 0.25) is 0 Å². The molecule has 0 aromatic rings. The number of aliphatic hydroxyl groups excluding tert-OH is 8. The lowest BCUT2D eigenvalue weighted by Gasteiger charge is -2.43. The fourth-order valence-corrected chi connectivity index (χ4v) is 2.63. The van der Waals surface area contributed by atoms with Crippen LogP contribution in [-0.4, -0.2) is 115 Å². The first kappa shape index (κ1) is 18.9. The van der Waals surface area contributed by atoms with E-state index in [1.165, 1.54) is 0 Å². The molecule has 11 nitrogen and oxygen atoms in total. The monoisotopic (exact) mass is 342 g/mol. The maximum absolute atomic E-state index is 10.00. The molecule has 9 atom stereocenters. The molecule has 0 amide bonds. The van der Waals surface area contributed by atoms with Crippen molar-refractivity contribution in [3.05, 3.63) is 0 Å². The van der Waals surface area contributed by atoms with Gasteiger partial charge in [-0.25, -0.2) is 0 Å². The Morgan fingerprint density at radius 2 is 1.39 bits per heavy atom. The van der Waals surface area contributed by atoms with Crippen LogP contribution >= 0.6 is 0 Å². The van der Waals surface area contributed by atoms with Gasteiger partial charge in [0, 0.05) is 0 Å². The normalized spacial score (nSPS) is 51.1. The predicted octanol–water partition coefficient (Wildman–Crippen LogP) is -5.40. The van der Waals surface area contributed by atoms with Crippen molar-refractivity contribution >= 4 is 0 Å². The van der Waals surface area contributed by atoms with E-state index in [9.17, 15) is 30.6 Å². The molecule has 3 unspecified atom stereocenters. The topological polar surface area (TPSA) is 190 Å². The SMILES string of the molecule is OCC1O[C@@H](O[C@]2(CO)O[C@H](CO)[C@H](O)C2O)[C@@H](O)C(O)[C@@H]1O. The second-order valence-corrected chi connectivity index (χ2v) is 5.56. The number of rotatable bonds is 5. The summed E-state index contributed by atoms with van der Waals surface area (Å²) in [6, 6.07) is 0. The molecular formula is C12H22O11. The Labute approximate surface area is 130 Å². The smallest absolute Gasteiger partial charge is 0.224 e. The van der Waals surface area contributed by atoms with E-state index < -0.39 is 74.6 Å². The van der Waals surface area contributed by atoms with Crippen LogP contribution in [0.1, 0.15) is 0 Å². The Kier molecular flexibility index (Phi) is 5.92. The van der Waals surface area contributed by atoms with Crippen LogP contribution in [0, 0.1) is 0 Å². The van der Waals surface area contributed by atoms with Gasteiger partial charge in [0.05, 0.1) is 13.2 Å². The van der Waals surface area contributed by atoms with Crippen LogP contribution in [0.15, 0.2) is 0 Å². The molecule has 0 bridgehead atoms. The van der Waals surface area contributed by atoms with Gasteiger partial charge in [0.1, 0.15) is 49.3 Å². The van der Waals surface area contributed by atoms with Crippen molar-refractivity contribution in [3.63, 3.8) is 0 Å². The van der Waals surface area contributed by atoms with Crippen molar-refractivity contribution in [1.82, 2.24) is 0 Å². The summed E-state index contributed by atoms with van der Waals surface area (Å²) >= 11 is 0. The summed E-state index contributed by atoms with van der Waals surface area (Å²) in [5.74, 6) is -2.22. The number of ether oxygens (including phenoxy) is 3. The molecule has 2 rings (SSSR count). The zero-order valence-electron chi connectivity index (χ0n) is 12.0. The van der Waals surface area contributed by atoms with E-state index in [0.29, 0.717) is 0 Å². The lowest BCUT2D eigenvalue weighted by atomic mass is 9.99. The third-order valence-electron chi connectivity index (χ3n) is 4.07. The van der Waals surface area contributed by atoms with E-state index in [1.54, 1.807) is 0 Å². The van der Waals surface area contributed by atoms with Gasteiger partial charge in [-0.15, -0.1) is 0 Å². The predicted molar refractivity (Wildman–Crippen MR) is 68.6 cm³/mol. The van der Waals surface area contributed by atoms with E-state index in [-0.39, 0.29) is 0 Å². The summed E-state index contributed by atoms with van der Waals surface area (Å²) in [7, 11) is 0. The van der Waals surface area contributed by atoms with Crippen molar-refractivity contribution < 1.29 is 55.1 Å². The van der Waals surface area contributed by atoms with Gasteiger partial charge in [0.2, 0.25) is 5.79 Å². The van der Waals surface area contributed by atoms with Gasteiger partial charge in [-0.1, -0.05) is 0 Å². The van der Waals surface area contributed by atoms with Crippen LogP contribution in [0.3, 0.4) is 0 Å². The summed E-state index contributed by atoms with van der Waals surface area (Å²) in [6.07, 6.45) is -12.7.